The van der Waals surface area contributed by atoms with E-state index in [4.69, 9.17) is 16.3 Å². The predicted molar refractivity (Wildman–Crippen MR) is 133 cm³/mol. The van der Waals surface area contributed by atoms with E-state index < -0.39 is 13.9 Å². The Labute approximate surface area is 204 Å². The van der Waals surface area contributed by atoms with Crippen molar-refractivity contribution in [3.63, 3.8) is 0 Å². The maximum atomic E-state index is 13.9. The first-order chi connectivity index (χ1) is 16.2. The standard InChI is InChI=1S/C24H29ClFN5O2Si/c1-34(2,3)13-12-33-16-31-24(28-23(29-31)17-6-9-27-10-7-17)30-11-8-19(15-22(30)32)18-4-5-20(25)21(26)14-18/h4-7,9-10,14,19H,8,11-13,15-16H2,1-3H3. The molecule has 1 aliphatic rings. The number of carbonyl (C=O) groups excluding carboxylic acids is 1. The summed E-state index contributed by atoms with van der Waals surface area (Å²) >= 11 is 5.82. The summed E-state index contributed by atoms with van der Waals surface area (Å²) in [6, 6.07) is 9.45. The van der Waals surface area contributed by atoms with Crippen LogP contribution in [0.25, 0.3) is 11.4 Å². The van der Waals surface area contributed by atoms with E-state index >= 15 is 0 Å². The highest BCUT2D eigenvalue weighted by Gasteiger charge is 2.31. The number of benzene rings is 1. The van der Waals surface area contributed by atoms with Gasteiger partial charge in [-0.1, -0.05) is 37.3 Å². The highest BCUT2D eigenvalue weighted by atomic mass is 35.5. The molecule has 10 heteroatoms. The van der Waals surface area contributed by atoms with E-state index in [1.54, 1.807) is 34.1 Å². The number of hydrogen-bond acceptors (Lipinski definition) is 5. The van der Waals surface area contributed by atoms with E-state index in [0.717, 1.165) is 17.2 Å². The van der Waals surface area contributed by atoms with Crippen LogP contribution in [0.4, 0.5) is 10.3 Å². The van der Waals surface area contributed by atoms with E-state index in [9.17, 15) is 9.18 Å². The first-order valence-corrected chi connectivity index (χ1v) is 15.5. The minimum absolute atomic E-state index is 0.0699. The molecule has 1 aromatic carbocycles. The van der Waals surface area contributed by atoms with Crippen LogP contribution in [0.15, 0.2) is 42.7 Å². The highest BCUT2D eigenvalue weighted by Crippen LogP contribution is 2.33. The molecule has 4 rings (SSSR count). The summed E-state index contributed by atoms with van der Waals surface area (Å²) in [6.45, 7) is 8.21. The van der Waals surface area contributed by atoms with Crippen molar-refractivity contribution >= 4 is 31.5 Å². The molecule has 1 atom stereocenters. The maximum Gasteiger partial charge on any atom is 0.233 e. The molecule has 0 radical (unpaired) electrons. The Hall–Kier alpha value is -2.62. The quantitative estimate of drug-likeness (QED) is 0.307. The van der Waals surface area contributed by atoms with Crippen LogP contribution in [0.3, 0.4) is 0 Å². The van der Waals surface area contributed by atoms with Crippen LogP contribution in [-0.2, 0) is 16.3 Å². The minimum Gasteiger partial charge on any atom is -0.359 e. The zero-order valence-corrected chi connectivity index (χ0v) is 21.4. The van der Waals surface area contributed by atoms with Gasteiger partial charge in [0.2, 0.25) is 11.9 Å². The first-order valence-electron chi connectivity index (χ1n) is 11.4. The fourth-order valence-electron chi connectivity index (χ4n) is 3.87. The van der Waals surface area contributed by atoms with Gasteiger partial charge in [-0.2, -0.15) is 4.98 Å². The second-order valence-corrected chi connectivity index (χ2v) is 15.8. The predicted octanol–water partition coefficient (Wildman–Crippen LogP) is 5.36. The van der Waals surface area contributed by atoms with Crippen molar-refractivity contribution < 1.29 is 13.9 Å². The second-order valence-electron chi connectivity index (χ2n) is 9.73. The Bertz CT molecular complexity index is 1150. The number of ether oxygens (including phenoxy) is 1. The Balaban J connectivity index is 1.53. The van der Waals surface area contributed by atoms with E-state index in [0.29, 0.717) is 31.3 Å². The molecule has 0 saturated carbocycles. The Morgan fingerprint density at radius 1 is 1.21 bits per heavy atom. The van der Waals surface area contributed by atoms with Crippen molar-refractivity contribution in [1.29, 1.82) is 0 Å². The molecule has 0 aliphatic carbocycles. The molecular weight excluding hydrogens is 473 g/mol. The first kappa shape index (κ1) is 24.5. The van der Waals surface area contributed by atoms with Gasteiger partial charge in [0.15, 0.2) is 5.82 Å². The third-order valence-electron chi connectivity index (χ3n) is 5.88. The maximum absolute atomic E-state index is 13.9. The van der Waals surface area contributed by atoms with Gasteiger partial charge in [0.1, 0.15) is 12.5 Å². The molecule has 0 spiro atoms. The Morgan fingerprint density at radius 2 is 1.97 bits per heavy atom. The molecule has 0 bridgehead atoms. The number of carbonyl (C=O) groups is 1. The number of nitrogens with zero attached hydrogens (tertiary/aromatic N) is 5. The number of aromatic nitrogens is 4. The third kappa shape index (κ3) is 5.89. The molecule has 1 aliphatic heterocycles. The molecule has 180 valence electrons. The molecule has 1 fully saturated rings. The van der Waals surface area contributed by atoms with Gasteiger partial charge >= 0.3 is 0 Å². The van der Waals surface area contributed by atoms with E-state index in [-0.39, 0.29) is 30.0 Å². The van der Waals surface area contributed by atoms with E-state index in [2.05, 4.69) is 34.7 Å². The lowest BCUT2D eigenvalue weighted by Crippen LogP contribution is -2.40. The van der Waals surface area contributed by atoms with Crippen LogP contribution in [-0.4, -0.2) is 46.9 Å². The summed E-state index contributed by atoms with van der Waals surface area (Å²) < 4.78 is 21.5. The fraction of sp³-hybridized carbons (Fsp3) is 0.417. The largest absolute Gasteiger partial charge is 0.359 e. The van der Waals surface area contributed by atoms with Crippen molar-refractivity contribution in [1.82, 2.24) is 19.7 Å². The van der Waals surface area contributed by atoms with E-state index in [1.807, 2.05) is 12.1 Å². The van der Waals surface area contributed by atoms with Crippen LogP contribution in [0.1, 0.15) is 24.3 Å². The third-order valence-corrected chi connectivity index (χ3v) is 7.89. The average Bonchev–Trinajstić information content (AvgIpc) is 3.22. The summed E-state index contributed by atoms with van der Waals surface area (Å²) in [4.78, 5) is 23.6. The van der Waals surface area contributed by atoms with Crippen molar-refractivity contribution in [3.05, 3.63) is 59.1 Å². The molecule has 0 N–H and O–H groups in total. The Morgan fingerprint density at radius 3 is 2.65 bits per heavy atom. The van der Waals surface area contributed by atoms with Gasteiger partial charge in [-0.05, 0) is 48.2 Å². The number of pyridine rings is 1. The van der Waals surface area contributed by atoms with Gasteiger partial charge in [-0.25, -0.2) is 9.07 Å². The summed E-state index contributed by atoms with van der Waals surface area (Å²) in [5, 5.41) is 4.71. The van der Waals surface area contributed by atoms with Crippen molar-refractivity contribution in [3.8, 4) is 11.4 Å². The number of hydrogen-bond donors (Lipinski definition) is 0. The van der Waals surface area contributed by atoms with Crippen molar-refractivity contribution in [2.75, 3.05) is 18.1 Å². The fourth-order valence-corrected chi connectivity index (χ4v) is 4.74. The summed E-state index contributed by atoms with van der Waals surface area (Å²) in [7, 11) is -1.22. The van der Waals surface area contributed by atoms with Gasteiger partial charge in [0.25, 0.3) is 0 Å². The van der Waals surface area contributed by atoms with Crippen molar-refractivity contribution in [2.24, 2.45) is 0 Å². The van der Waals surface area contributed by atoms with E-state index in [1.165, 1.54) is 6.07 Å². The van der Waals surface area contributed by atoms with Crippen molar-refractivity contribution in [2.45, 2.75) is 51.2 Å². The molecule has 1 saturated heterocycles. The summed E-state index contributed by atoms with van der Waals surface area (Å²) in [5.41, 5.74) is 1.60. The lowest BCUT2D eigenvalue weighted by molar-refractivity contribution is -0.120. The van der Waals surface area contributed by atoms with Gasteiger partial charge in [0, 0.05) is 45.6 Å². The van der Waals surface area contributed by atoms with Crippen LogP contribution < -0.4 is 4.90 Å². The zero-order valence-electron chi connectivity index (χ0n) is 19.7. The molecule has 1 amide bonds. The van der Waals surface area contributed by atoms with Crippen LogP contribution in [0.2, 0.25) is 30.7 Å². The van der Waals surface area contributed by atoms with Gasteiger partial charge in [-0.15, -0.1) is 5.10 Å². The molecule has 3 aromatic rings. The highest BCUT2D eigenvalue weighted by molar-refractivity contribution is 6.76. The minimum atomic E-state index is -1.22. The van der Waals surface area contributed by atoms with Gasteiger partial charge in [-0.3, -0.25) is 14.7 Å². The number of rotatable bonds is 8. The lowest BCUT2D eigenvalue weighted by atomic mass is 9.89. The molecule has 34 heavy (non-hydrogen) atoms. The van der Waals surface area contributed by atoms with Crippen LogP contribution >= 0.6 is 11.6 Å². The number of anilines is 1. The van der Waals surface area contributed by atoms with Gasteiger partial charge < -0.3 is 4.74 Å². The smallest absolute Gasteiger partial charge is 0.233 e. The Kier molecular flexibility index (Phi) is 7.44. The summed E-state index contributed by atoms with van der Waals surface area (Å²) in [6.07, 6.45) is 4.31. The number of piperidine rings is 1. The topological polar surface area (TPSA) is 73.1 Å². The summed E-state index contributed by atoms with van der Waals surface area (Å²) in [5.74, 6) is 0.362. The van der Waals surface area contributed by atoms with Crippen LogP contribution in [0, 0.1) is 5.82 Å². The number of amides is 1. The monoisotopic (exact) mass is 501 g/mol. The normalized spacial score (nSPS) is 16.8. The van der Waals surface area contributed by atoms with Gasteiger partial charge in [0.05, 0.1) is 5.02 Å². The average molecular weight is 502 g/mol. The zero-order chi connectivity index (χ0) is 24.3. The molecule has 1 unspecified atom stereocenters. The molecular formula is C24H29ClFN5O2Si. The molecule has 2 aromatic heterocycles. The van der Waals surface area contributed by atoms with Crippen LogP contribution in [0.5, 0.6) is 0 Å². The SMILES string of the molecule is C[Si](C)(C)CCOCn1nc(-c2ccncc2)nc1N1CCC(c2ccc(Cl)c(F)c2)CC1=O. The second kappa shape index (κ2) is 10.3. The molecule has 3 heterocycles. The number of halogens is 2. The lowest BCUT2D eigenvalue weighted by Gasteiger charge is -2.31. The molecule has 7 nitrogen and oxygen atoms in total.